The van der Waals surface area contributed by atoms with Crippen LogP contribution in [0.5, 0.6) is 5.75 Å². The standard InChI is InChI=1S/C14H20N2O2/c1-9-4-5-13-11(6-9)7-12(18-13)8-16-10(2)14(17)15-3/h4-6,10,12,16H,7-8H2,1-3H3,(H,15,17). The number of likely N-dealkylation sites (N-methyl/N-ethyl adjacent to an activating group) is 1. The molecule has 2 atom stereocenters. The number of aryl methyl sites for hydroxylation is 1. The number of carbonyl (C=O) groups excluding carboxylic acids is 1. The van der Waals surface area contributed by atoms with Gasteiger partial charge in [-0.25, -0.2) is 0 Å². The maximum absolute atomic E-state index is 11.4. The molecule has 0 radical (unpaired) electrons. The summed E-state index contributed by atoms with van der Waals surface area (Å²) in [5.74, 6) is 0.973. The number of ether oxygens (including phenoxy) is 1. The first-order chi connectivity index (χ1) is 8.60. The summed E-state index contributed by atoms with van der Waals surface area (Å²) in [6.07, 6.45) is 1.03. The van der Waals surface area contributed by atoms with Crippen LogP contribution in [0.4, 0.5) is 0 Å². The molecule has 18 heavy (non-hydrogen) atoms. The van der Waals surface area contributed by atoms with Crippen molar-refractivity contribution in [2.45, 2.75) is 32.4 Å². The summed E-state index contributed by atoms with van der Waals surface area (Å²) in [5.41, 5.74) is 2.51. The molecule has 0 saturated heterocycles. The van der Waals surface area contributed by atoms with Crippen molar-refractivity contribution < 1.29 is 9.53 Å². The summed E-state index contributed by atoms with van der Waals surface area (Å²) in [7, 11) is 1.64. The molecule has 0 fully saturated rings. The van der Waals surface area contributed by atoms with E-state index in [2.05, 4.69) is 29.7 Å². The molecule has 1 aromatic carbocycles. The lowest BCUT2D eigenvalue weighted by molar-refractivity contribution is -0.122. The summed E-state index contributed by atoms with van der Waals surface area (Å²) in [6, 6.07) is 6.05. The maximum Gasteiger partial charge on any atom is 0.236 e. The van der Waals surface area contributed by atoms with Crippen molar-refractivity contribution in [3.05, 3.63) is 29.3 Å². The molecule has 4 nitrogen and oxygen atoms in total. The van der Waals surface area contributed by atoms with Gasteiger partial charge < -0.3 is 15.4 Å². The van der Waals surface area contributed by atoms with Crippen LogP contribution in [-0.2, 0) is 11.2 Å². The van der Waals surface area contributed by atoms with Gasteiger partial charge in [0.15, 0.2) is 0 Å². The number of rotatable bonds is 4. The molecule has 2 N–H and O–H groups in total. The number of hydrogen-bond donors (Lipinski definition) is 2. The van der Waals surface area contributed by atoms with Gasteiger partial charge in [0.2, 0.25) is 5.91 Å². The zero-order chi connectivity index (χ0) is 13.1. The Balaban J connectivity index is 1.86. The Morgan fingerprint density at radius 2 is 2.33 bits per heavy atom. The van der Waals surface area contributed by atoms with E-state index >= 15 is 0 Å². The van der Waals surface area contributed by atoms with Crippen LogP contribution < -0.4 is 15.4 Å². The molecule has 0 bridgehead atoms. The average molecular weight is 248 g/mol. The Kier molecular flexibility index (Phi) is 3.87. The molecular weight excluding hydrogens is 228 g/mol. The highest BCUT2D eigenvalue weighted by Gasteiger charge is 2.23. The molecule has 1 aliphatic heterocycles. The second-order valence-corrected chi connectivity index (χ2v) is 4.80. The number of benzene rings is 1. The van der Waals surface area contributed by atoms with Crippen LogP contribution >= 0.6 is 0 Å². The highest BCUT2D eigenvalue weighted by atomic mass is 16.5. The summed E-state index contributed by atoms with van der Waals surface area (Å²) in [6.45, 7) is 4.62. The number of hydrogen-bond acceptors (Lipinski definition) is 3. The second-order valence-electron chi connectivity index (χ2n) is 4.80. The van der Waals surface area contributed by atoms with Gasteiger partial charge in [0, 0.05) is 20.0 Å². The van der Waals surface area contributed by atoms with Crippen molar-refractivity contribution in [3.63, 3.8) is 0 Å². The molecule has 4 heteroatoms. The summed E-state index contributed by atoms with van der Waals surface area (Å²) < 4.78 is 5.83. The van der Waals surface area contributed by atoms with Gasteiger partial charge in [0.25, 0.3) is 0 Å². The molecule has 1 aliphatic rings. The number of amides is 1. The Morgan fingerprint density at radius 1 is 1.56 bits per heavy atom. The minimum absolute atomic E-state index is 0.00126. The van der Waals surface area contributed by atoms with Crippen molar-refractivity contribution in [1.29, 1.82) is 0 Å². The number of fused-ring (bicyclic) bond motifs is 1. The van der Waals surface area contributed by atoms with Crippen LogP contribution in [0, 0.1) is 6.92 Å². The van der Waals surface area contributed by atoms with Crippen molar-refractivity contribution in [2.24, 2.45) is 0 Å². The topological polar surface area (TPSA) is 50.4 Å². The first-order valence-corrected chi connectivity index (χ1v) is 6.31. The Bertz CT molecular complexity index is 445. The molecule has 1 aromatic rings. The van der Waals surface area contributed by atoms with Gasteiger partial charge in [-0.2, -0.15) is 0 Å². The Labute approximate surface area is 108 Å². The van der Waals surface area contributed by atoms with Crippen molar-refractivity contribution in [3.8, 4) is 5.75 Å². The lowest BCUT2D eigenvalue weighted by atomic mass is 10.1. The Hall–Kier alpha value is -1.55. The van der Waals surface area contributed by atoms with Crippen LogP contribution in [0.1, 0.15) is 18.1 Å². The molecule has 0 aliphatic carbocycles. The smallest absolute Gasteiger partial charge is 0.236 e. The van der Waals surface area contributed by atoms with Crippen LogP contribution in [0.25, 0.3) is 0 Å². The Morgan fingerprint density at radius 3 is 3.06 bits per heavy atom. The highest BCUT2D eigenvalue weighted by Crippen LogP contribution is 2.29. The molecule has 1 amide bonds. The van der Waals surface area contributed by atoms with E-state index in [9.17, 15) is 4.79 Å². The number of nitrogens with one attached hydrogen (secondary N) is 2. The zero-order valence-corrected chi connectivity index (χ0v) is 11.1. The third-order valence-electron chi connectivity index (χ3n) is 3.25. The lowest BCUT2D eigenvalue weighted by Crippen LogP contribution is -2.44. The predicted molar refractivity (Wildman–Crippen MR) is 70.8 cm³/mol. The molecule has 2 unspecified atom stereocenters. The van der Waals surface area contributed by atoms with Gasteiger partial charge in [-0.05, 0) is 25.5 Å². The molecule has 2 rings (SSSR count). The fourth-order valence-corrected chi connectivity index (χ4v) is 2.18. The average Bonchev–Trinajstić information content (AvgIpc) is 2.76. The van der Waals surface area contributed by atoms with E-state index in [1.165, 1.54) is 11.1 Å². The van der Waals surface area contributed by atoms with Gasteiger partial charge >= 0.3 is 0 Å². The predicted octanol–water partition coefficient (Wildman–Crippen LogP) is 1.02. The minimum atomic E-state index is -0.191. The fraction of sp³-hybridized carbons (Fsp3) is 0.500. The minimum Gasteiger partial charge on any atom is -0.488 e. The van der Waals surface area contributed by atoms with E-state index < -0.39 is 0 Å². The normalized spacial score (nSPS) is 18.9. The first-order valence-electron chi connectivity index (χ1n) is 6.31. The van der Waals surface area contributed by atoms with E-state index in [1.54, 1.807) is 7.05 Å². The van der Waals surface area contributed by atoms with Gasteiger partial charge in [-0.15, -0.1) is 0 Å². The second kappa shape index (κ2) is 5.40. The van der Waals surface area contributed by atoms with Gasteiger partial charge in [0.05, 0.1) is 6.04 Å². The van der Waals surface area contributed by atoms with Crippen LogP contribution in [-0.4, -0.2) is 31.6 Å². The van der Waals surface area contributed by atoms with E-state index in [4.69, 9.17) is 4.74 Å². The summed E-state index contributed by atoms with van der Waals surface area (Å²) >= 11 is 0. The van der Waals surface area contributed by atoms with Gasteiger partial charge in [0.1, 0.15) is 11.9 Å². The van der Waals surface area contributed by atoms with Crippen molar-refractivity contribution in [1.82, 2.24) is 10.6 Å². The quantitative estimate of drug-likeness (QED) is 0.836. The fourth-order valence-electron chi connectivity index (χ4n) is 2.18. The highest BCUT2D eigenvalue weighted by molar-refractivity contribution is 5.80. The first kappa shape index (κ1) is 12.9. The molecule has 0 spiro atoms. The molecular formula is C14H20N2O2. The lowest BCUT2D eigenvalue weighted by Gasteiger charge is -2.16. The van der Waals surface area contributed by atoms with E-state index in [1.807, 2.05) is 13.0 Å². The van der Waals surface area contributed by atoms with E-state index in [-0.39, 0.29) is 18.1 Å². The van der Waals surface area contributed by atoms with Crippen molar-refractivity contribution >= 4 is 5.91 Å². The summed E-state index contributed by atoms with van der Waals surface area (Å²) in [5, 5.41) is 5.81. The van der Waals surface area contributed by atoms with Crippen LogP contribution in [0.2, 0.25) is 0 Å². The SMILES string of the molecule is CNC(=O)C(C)NCC1Cc2cc(C)ccc2O1. The van der Waals surface area contributed by atoms with Crippen LogP contribution in [0.3, 0.4) is 0 Å². The molecule has 0 saturated carbocycles. The van der Waals surface area contributed by atoms with Crippen molar-refractivity contribution in [2.75, 3.05) is 13.6 Å². The third-order valence-corrected chi connectivity index (χ3v) is 3.25. The van der Waals surface area contributed by atoms with Gasteiger partial charge in [-0.3, -0.25) is 4.79 Å². The molecule has 0 aromatic heterocycles. The molecule has 98 valence electrons. The molecule has 1 heterocycles. The monoisotopic (exact) mass is 248 g/mol. The largest absolute Gasteiger partial charge is 0.488 e. The number of carbonyl (C=O) groups is 1. The third kappa shape index (κ3) is 2.82. The van der Waals surface area contributed by atoms with Gasteiger partial charge in [-0.1, -0.05) is 17.7 Å². The van der Waals surface area contributed by atoms with E-state index in [0.29, 0.717) is 6.54 Å². The van der Waals surface area contributed by atoms with E-state index in [0.717, 1.165) is 12.2 Å². The van der Waals surface area contributed by atoms with Crippen LogP contribution in [0.15, 0.2) is 18.2 Å². The summed E-state index contributed by atoms with van der Waals surface area (Å²) in [4.78, 5) is 11.4. The zero-order valence-electron chi connectivity index (χ0n) is 11.1. The maximum atomic E-state index is 11.4.